The molecule has 0 aliphatic carbocycles. The number of fused-ring (bicyclic) bond motifs is 1. The normalized spacial score (nSPS) is 19.4. The maximum atomic E-state index is 14.3. The first-order chi connectivity index (χ1) is 20.2. The highest BCUT2D eigenvalue weighted by Crippen LogP contribution is 2.28. The number of allylic oxidation sites excluding steroid dienone is 1. The number of hydrogen-bond donors (Lipinski definition) is 1. The van der Waals surface area contributed by atoms with Crippen molar-refractivity contribution in [1.29, 1.82) is 0 Å². The molecule has 1 amide bonds. The number of nitrogens with two attached hydrogens (primary N) is 1. The third-order valence-electron chi connectivity index (χ3n) is 7.80. The van der Waals surface area contributed by atoms with Crippen LogP contribution < -0.4 is 10.6 Å². The van der Waals surface area contributed by atoms with Gasteiger partial charge < -0.3 is 0 Å². The second-order valence-electron chi connectivity index (χ2n) is 10.7. The minimum atomic E-state index is -0.672. The molecule has 2 heterocycles. The number of anilines is 1. The summed E-state index contributed by atoms with van der Waals surface area (Å²) in [4.78, 5) is 40.7. The number of nitrogens with zero attached hydrogens (tertiary/aromatic N) is 3. The van der Waals surface area contributed by atoms with Gasteiger partial charge in [0.25, 0.3) is 5.91 Å². The second kappa shape index (κ2) is 14.0. The lowest BCUT2D eigenvalue weighted by molar-refractivity contribution is -0.874. The van der Waals surface area contributed by atoms with Gasteiger partial charge in [-0.15, -0.1) is 11.6 Å². The maximum Gasteiger partial charge on any atom is 0.394 e. The molecule has 2 N–H and O–H groups in total. The van der Waals surface area contributed by atoms with Crippen LogP contribution in [0.2, 0.25) is 0 Å². The van der Waals surface area contributed by atoms with Gasteiger partial charge in [-0.1, -0.05) is 103 Å². The molecule has 2 atom stereocenters. The van der Waals surface area contributed by atoms with E-state index in [0.717, 1.165) is 56.2 Å². The molecule has 0 bridgehead atoms. The van der Waals surface area contributed by atoms with Gasteiger partial charge in [0.2, 0.25) is 0 Å². The number of para-hydroxylation sites is 1. The molecule has 2 aliphatic heterocycles. The molecule has 1 saturated heterocycles. The van der Waals surface area contributed by atoms with E-state index in [1.54, 1.807) is 0 Å². The zero-order valence-corrected chi connectivity index (χ0v) is 23.5. The maximum absolute atomic E-state index is 14.3. The van der Waals surface area contributed by atoms with E-state index in [4.69, 9.17) is 9.83 Å². The van der Waals surface area contributed by atoms with Gasteiger partial charge in [0.1, 0.15) is 5.69 Å². The summed E-state index contributed by atoms with van der Waals surface area (Å²) in [5.74, 6) is -0.547. The van der Waals surface area contributed by atoms with Crippen molar-refractivity contribution in [2.75, 3.05) is 11.6 Å². The molecule has 0 saturated carbocycles. The summed E-state index contributed by atoms with van der Waals surface area (Å²) in [5, 5.41) is 1.53. The SMILES string of the molecule is C=CCCCCCC1N=C(c2ccccc2)c2ccccc2N(C(=O)C2CCCN2Cc2ccccc2)[NH2+]OC1=O. The molecule has 7 nitrogen and oxygen atoms in total. The van der Waals surface area contributed by atoms with Crippen molar-refractivity contribution in [2.24, 2.45) is 4.99 Å². The minimum Gasteiger partial charge on any atom is -0.287 e. The third-order valence-corrected chi connectivity index (χ3v) is 7.80. The number of likely N-dealkylation sites (tertiary alicyclic amines) is 1. The van der Waals surface area contributed by atoms with Crippen LogP contribution in [0, 0.1) is 0 Å². The van der Waals surface area contributed by atoms with Gasteiger partial charge in [0, 0.05) is 17.7 Å². The average Bonchev–Trinajstić information content (AvgIpc) is 3.49. The Bertz CT molecular complexity index is 1360. The van der Waals surface area contributed by atoms with Gasteiger partial charge in [0.15, 0.2) is 6.04 Å². The number of amides is 1. The molecule has 2 unspecified atom stereocenters. The number of rotatable bonds is 10. The van der Waals surface area contributed by atoms with Crippen molar-refractivity contribution in [3.05, 3.63) is 114 Å². The smallest absolute Gasteiger partial charge is 0.287 e. The Hall–Kier alpha value is -4.07. The molecule has 5 rings (SSSR count). The zero-order valence-electron chi connectivity index (χ0n) is 23.5. The molecule has 0 aromatic heterocycles. The first kappa shape index (κ1) is 28.5. The summed E-state index contributed by atoms with van der Waals surface area (Å²) in [5.41, 5.74) is 5.52. The van der Waals surface area contributed by atoms with E-state index < -0.39 is 12.0 Å². The lowest BCUT2D eigenvalue weighted by Gasteiger charge is -2.28. The van der Waals surface area contributed by atoms with Crippen molar-refractivity contribution >= 4 is 23.3 Å². The summed E-state index contributed by atoms with van der Waals surface area (Å²) < 4.78 is 0. The van der Waals surface area contributed by atoms with E-state index in [9.17, 15) is 9.59 Å². The van der Waals surface area contributed by atoms with E-state index in [2.05, 4.69) is 23.6 Å². The van der Waals surface area contributed by atoms with E-state index >= 15 is 0 Å². The number of carbonyl (C=O) groups excluding carboxylic acids is 2. The Balaban J connectivity index is 1.48. The molecule has 0 radical (unpaired) electrons. The average molecular weight is 552 g/mol. The summed E-state index contributed by atoms with van der Waals surface area (Å²) in [6.07, 6.45) is 7.98. The Kier molecular flexibility index (Phi) is 9.73. The Labute approximate surface area is 242 Å². The fraction of sp³-hybridized carbons (Fsp3) is 0.324. The van der Waals surface area contributed by atoms with Crippen LogP contribution in [0.3, 0.4) is 0 Å². The lowest BCUT2D eigenvalue weighted by atomic mass is 9.98. The van der Waals surface area contributed by atoms with Gasteiger partial charge in [-0.3, -0.25) is 19.5 Å². The molecule has 3 aromatic rings. The van der Waals surface area contributed by atoms with Gasteiger partial charge in [-0.2, -0.15) is 0 Å². The number of benzene rings is 3. The quantitative estimate of drug-likeness (QED) is 0.167. The molecule has 1 fully saturated rings. The van der Waals surface area contributed by atoms with E-state index in [-0.39, 0.29) is 11.9 Å². The monoisotopic (exact) mass is 551 g/mol. The molecule has 7 heteroatoms. The van der Waals surface area contributed by atoms with Crippen molar-refractivity contribution in [3.63, 3.8) is 0 Å². The van der Waals surface area contributed by atoms with E-state index in [1.165, 1.54) is 16.2 Å². The van der Waals surface area contributed by atoms with Gasteiger partial charge in [-0.05, 0) is 50.3 Å². The first-order valence-corrected chi connectivity index (χ1v) is 14.6. The van der Waals surface area contributed by atoms with E-state index in [0.29, 0.717) is 24.4 Å². The molecule has 3 aromatic carbocycles. The molecule has 212 valence electrons. The van der Waals surface area contributed by atoms with Gasteiger partial charge >= 0.3 is 5.97 Å². The minimum absolute atomic E-state index is 0.103. The highest BCUT2D eigenvalue weighted by Gasteiger charge is 2.39. The number of unbranched alkanes of at least 4 members (excludes halogenated alkanes) is 3. The molecule has 41 heavy (non-hydrogen) atoms. The highest BCUT2D eigenvalue weighted by atomic mass is 16.7. The van der Waals surface area contributed by atoms with Crippen molar-refractivity contribution in [1.82, 2.24) is 4.90 Å². The molecule has 0 spiro atoms. The van der Waals surface area contributed by atoms with Crippen molar-refractivity contribution in [2.45, 2.75) is 63.6 Å². The topological polar surface area (TPSA) is 78.8 Å². The fourth-order valence-electron chi connectivity index (χ4n) is 5.66. The molecular formula is C34H39N4O3+. The Morgan fingerprint density at radius 3 is 2.49 bits per heavy atom. The van der Waals surface area contributed by atoms with Crippen LogP contribution in [0.5, 0.6) is 0 Å². The summed E-state index contributed by atoms with van der Waals surface area (Å²) in [7, 11) is 0. The first-order valence-electron chi connectivity index (χ1n) is 14.6. The highest BCUT2D eigenvalue weighted by molar-refractivity contribution is 6.17. The second-order valence-corrected chi connectivity index (χ2v) is 10.7. The predicted octanol–water partition coefficient (Wildman–Crippen LogP) is 4.98. The molecule has 2 aliphatic rings. The Morgan fingerprint density at radius 2 is 1.71 bits per heavy atom. The van der Waals surface area contributed by atoms with Crippen LogP contribution in [0.4, 0.5) is 5.69 Å². The van der Waals surface area contributed by atoms with Crippen LogP contribution in [-0.4, -0.2) is 41.1 Å². The van der Waals surface area contributed by atoms with Crippen LogP contribution in [0.15, 0.2) is 103 Å². The number of hydrogen-bond acceptors (Lipinski definition) is 5. The van der Waals surface area contributed by atoms with Crippen molar-refractivity contribution < 1.29 is 20.0 Å². The summed E-state index contributed by atoms with van der Waals surface area (Å²) in [6, 6.07) is 26.8. The molecular weight excluding hydrogens is 512 g/mol. The van der Waals surface area contributed by atoms with Crippen LogP contribution in [0.25, 0.3) is 0 Å². The largest absolute Gasteiger partial charge is 0.394 e. The third kappa shape index (κ3) is 6.99. The summed E-state index contributed by atoms with van der Waals surface area (Å²) >= 11 is 0. The van der Waals surface area contributed by atoms with Gasteiger partial charge in [-0.25, -0.2) is 4.79 Å². The predicted molar refractivity (Wildman–Crippen MR) is 161 cm³/mol. The Morgan fingerprint density at radius 1 is 0.976 bits per heavy atom. The standard InChI is InChI=1S/C34H38N4O3/c1-2-3-4-5-12-21-29-34(40)41-36-38(33(39)31-23-15-24-37(31)25-26-16-8-6-9-17-26)30-22-14-13-20-28(30)32(35-29)27-18-10-7-11-19-27/h2,6-11,13-14,16-20,22,29,31,36H,1,3-5,12,15,21,23-25H2/p+1. The zero-order chi connectivity index (χ0) is 28.4. The van der Waals surface area contributed by atoms with Crippen molar-refractivity contribution in [3.8, 4) is 0 Å². The lowest BCUT2D eigenvalue weighted by Crippen LogP contribution is -2.96. The number of carbonyl (C=O) groups is 2. The van der Waals surface area contributed by atoms with Gasteiger partial charge in [0.05, 0.1) is 11.8 Å². The van der Waals surface area contributed by atoms with E-state index in [1.807, 2.05) is 78.9 Å². The fourth-order valence-corrected chi connectivity index (χ4v) is 5.66. The number of aliphatic imine (C=N–C) groups is 1. The van der Waals surface area contributed by atoms with Crippen LogP contribution >= 0.6 is 0 Å². The van der Waals surface area contributed by atoms with Crippen LogP contribution in [-0.2, 0) is 21.0 Å². The summed E-state index contributed by atoms with van der Waals surface area (Å²) in [6.45, 7) is 5.33. The number of quaternary nitrogens is 1. The van der Waals surface area contributed by atoms with Crippen LogP contribution in [0.1, 0.15) is 61.6 Å².